The van der Waals surface area contributed by atoms with Gasteiger partial charge in [0.05, 0.1) is 13.2 Å². The monoisotopic (exact) mass is 240 g/mol. The Morgan fingerprint density at radius 1 is 1.29 bits per heavy atom. The van der Waals surface area contributed by atoms with Crippen molar-refractivity contribution < 1.29 is 9.47 Å². The minimum atomic E-state index is 0.756. The third kappa shape index (κ3) is 6.46. The van der Waals surface area contributed by atoms with E-state index in [1.807, 2.05) is 0 Å². The van der Waals surface area contributed by atoms with Crippen LogP contribution in [0.2, 0.25) is 0 Å². The van der Waals surface area contributed by atoms with E-state index < -0.39 is 0 Å². The third-order valence-electron chi connectivity index (χ3n) is 2.47. The molecule has 17 heavy (non-hydrogen) atoms. The SMILES string of the molecule is CCCOCCn1ccc(CNCCOC)c1. The summed E-state index contributed by atoms with van der Waals surface area (Å²) in [7, 11) is 1.72. The molecule has 0 aliphatic carbocycles. The lowest BCUT2D eigenvalue weighted by atomic mass is 10.3. The molecule has 0 fully saturated rings. The summed E-state index contributed by atoms with van der Waals surface area (Å²) in [4.78, 5) is 0. The molecule has 0 radical (unpaired) electrons. The molecule has 0 aliphatic heterocycles. The van der Waals surface area contributed by atoms with Crippen LogP contribution in [0.1, 0.15) is 18.9 Å². The Morgan fingerprint density at radius 3 is 2.94 bits per heavy atom. The van der Waals surface area contributed by atoms with Gasteiger partial charge in [-0.15, -0.1) is 0 Å². The molecule has 0 unspecified atom stereocenters. The second-order valence-electron chi connectivity index (χ2n) is 4.04. The molecule has 0 aliphatic rings. The van der Waals surface area contributed by atoms with Crippen molar-refractivity contribution in [3.63, 3.8) is 0 Å². The molecule has 0 aromatic carbocycles. The van der Waals surface area contributed by atoms with Gasteiger partial charge in [-0.05, 0) is 18.1 Å². The van der Waals surface area contributed by atoms with E-state index in [1.165, 1.54) is 5.56 Å². The number of ether oxygens (including phenoxy) is 2. The lowest BCUT2D eigenvalue weighted by Gasteiger charge is -2.04. The second-order valence-corrected chi connectivity index (χ2v) is 4.04. The topological polar surface area (TPSA) is 35.4 Å². The number of aromatic nitrogens is 1. The number of hydrogen-bond donors (Lipinski definition) is 1. The molecule has 1 aromatic rings. The lowest BCUT2D eigenvalue weighted by molar-refractivity contribution is 0.127. The molecular formula is C13H24N2O2. The summed E-state index contributed by atoms with van der Waals surface area (Å²) >= 11 is 0. The van der Waals surface area contributed by atoms with Crippen LogP contribution in [0.25, 0.3) is 0 Å². The standard InChI is InChI=1S/C13H24N2O2/c1-3-8-17-10-7-15-6-4-13(12-15)11-14-5-9-16-2/h4,6,12,14H,3,5,7-11H2,1-2H3. The maximum atomic E-state index is 5.46. The van der Waals surface area contributed by atoms with E-state index in [9.17, 15) is 0 Å². The third-order valence-corrected chi connectivity index (χ3v) is 2.47. The van der Waals surface area contributed by atoms with Crippen molar-refractivity contribution >= 4 is 0 Å². The van der Waals surface area contributed by atoms with Crippen molar-refractivity contribution in [3.8, 4) is 0 Å². The summed E-state index contributed by atoms with van der Waals surface area (Å²) in [5.41, 5.74) is 1.30. The first-order valence-corrected chi connectivity index (χ1v) is 6.29. The van der Waals surface area contributed by atoms with Gasteiger partial charge in [0, 0.05) is 45.7 Å². The van der Waals surface area contributed by atoms with Gasteiger partial charge in [-0.1, -0.05) is 6.92 Å². The molecule has 0 saturated heterocycles. The minimum Gasteiger partial charge on any atom is -0.383 e. The van der Waals surface area contributed by atoms with E-state index in [4.69, 9.17) is 9.47 Å². The molecule has 0 saturated carbocycles. The Hall–Kier alpha value is -0.840. The Balaban J connectivity index is 2.14. The zero-order chi connectivity index (χ0) is 12.3. The van der Waals surface area contributed by atoms with Gasteiger partial charge in [0.15, 0.2) is 0 Å². The molecule has 1 N–H and O–H groups in total. The number of nitrogens with zero attached hydrogens (tertiary/aromatic N) is 1. The van der Waals surface area contributed by atoms with Gasteiger partial charge in [0.1, 0.15) is 0 Å². The van der Waals surface area contributed by atoms with Gasteiger partial charge < -0.3 is 19.4 Å². The molecule has 4 nitrogen and oxygen atoms in total. The lowest BCUT2D eigenvalue weighted by Crippen LogP contribution is -2.18. The van der Waals surface area contributed by atoms with Crippen LogP contribution in [0, 0.1) is 0 Å². The summed E-state index contributed by atoms with van der Waals surface area (Å²) in [5.74, 6) is 0. The highest BCUT2D eigenvalue weighted by Crippen LogP contribution is 2.01. The molecular weight excluding hydrogens is 216 g/mol. The van der Waals surface area contributed by atoms with Crippen LogP contribution < -0.4 is 5.32 Å². The van der Waals surface area contributed by atoms with E-state index in [0.29, 0.717) is 0 Å². The molecule has 98 valence electrons. The molecule has 1 aromatic heterocycles. The maximum absolute atomic E-state index is 5.46. The van der Waals surface area contributed by atoms with Crippen LogP contribution in [0.4, 0.5) is 0 Å². The predicted octanol–water partition coefficient (Wildman–Crippen LogP) is 1.65. The normalized spacial score (nSPS) is 10.9. The average Bonchev–Trinajstić information content (AvgIpc) is 2.78. The fraction of sp³-hybridized carbons (Fsp3) is 0.692. The van der Waals surface area contributed by atoms with Crippen LogP contribution in [0.15, 0.2) is 18.5 Å². The van der Waals surface area contributed by atoms with Gasteiger partial charge in [0.25, 0.3) is 0 Å². The summed E-state index contributed by atoms with van der Waals surface area (Å²) in [6.45, 7) is 7.24. The smallest absolute Gasteiger partial charge is 0.0645 e. The Bertz CT molecular complexity index is 260. The predicted molar refractivity (Wildman–Crippen MR) is 69.1 cm³/mol. The largest absolute Gasteiger partial charge is 0.383 e. The number of methoxy groups -OCH3 is 1. The van der Waals surface area contributed by atoms with E-state index in [-0.39, 0.29) is 0 Å². The van der Waals surface area contributed by atoms with Crippen LogP contribution in [-0.2, 0) is 22.6 Å². The molecule has 0 amide bonds. The van der Waals surface area contributed by atoms with E-state index >= 15 is 0 Å². The van der Waals surface area contributed by atoms with Crippen LogP contribution >= 0.6 is 0 Å². The average molecular weight is 240 g/mol. The Morgan fingerprint density at radius 2 is 2.18 bits per heavy atom. The molecule has 0 spiro atoms. The highest BCUT2D eigenvalue weighted by atomic mass is 16.5. The summed E-state index contributed by atoms with van der Waals surface area (Å²) in [6.07, 6.45) is 5.35. The van der Waals surface area contributed by atoms with Crippen LogP contribution in [0.5, 0.6) is 0 Å². The zero-order valence-electron chi connectivity index (χ0n) is 10.9. The van der Waals surface area contributed by atoms with Crippen LogP contribution in [-0.4, -0.2) is 38.0 Å². The highest BCUT2D eigenvalue weighted by Gasteiger charge is 1.96. The first kappa shape index (κ1) is 14.2. The Kier molecular flexibility index (Phi) is 7.71. The zero-order valence-corrected chi connectivity index (χ0v) is 10.9. The van der Waals surface area contributed by atoms with Crippen LogP contribution in [0.3, 0.4) is 0 Å². The van der Waals surface area contributed by atoms with Gasteiger partial charge in [-0.2, -0.15) is 0 Å². The number of nitrogens with one attached hydrogen (secondary N) is 1. The van der Waals surface area contributed by atoms with E-state index in [2.05, 4.69) is 35.3 Å². The van der Waals surface area contributed by atoms with Gasteiger partial charge in [-0.25, -0.2) is 0 Å². The van der Waals surface area contributed by atoms with Crippen molar-refractivity contribution in [2.24, 2.45) is 0 Å². The first-order chi connectivity index (χ1) is 8.36. The van der Waals surface area contributed by atoms with Crippen molar-refractivity contribution in [1.82, 2.24) is 9.88 Å². The fourth-order valence-corrected chi connectivity index (χ4v) is 1.56. The Labute approximate surface area is 104 Å². The quantitative estimate of drug-likeness (QED) is 0.632. The van der Waals surface area contributed by atoms with Crippen molar-refractivity contribution in [3.05, 3.63) is 24.0 Å². The summed E-state index contributed by atoms with van der Waals surface area (Å²) in [5, 5.41) is 3.32. The summed E-state index contributed by atoms with van der Waals surface area (Å²) in [6, 6.07) is 2.14. The number of hydrogen-bond acceptors (Lipinski definition) is 3. The molecule has 0 atom stereocenters. The molecule has 1 rings (SSSR count). The number of rotatable bonds is 10. The van der Waals surface area contributed by atoms with E-state index in [1.54, 1.807) is 7.11 Å². The molecule has 4 heteroatoms. The molecule has 0 bridgehead atoms. The van der Waals surface area contributed by atoms with Gasteiger partial charge in [-0.3, -0.25) is 0 Å². The molecule has 1 heterocycles. The fourth-order valence-electron chi connectivity index (χ4n) is 1.56. The summed E-state index contributed by atoms with van der Waals surface area (Å²) < 4.78 is 12.6. The minimum absolute atomic E-state index is 0.756. The van der Waals surface area contributed by atoms with Gasteiger partial charge >= 0.3 is 0 Å². The highest BCUT2D eigenvalue weighted by molar-refractivity contribution is 5.09. The van der Waals surface area contributed by atoms with Crippen molar-refractivity contribution in [2.45, 2.75) is 26.4 Å². The van der Waals surface area contributed by atoms with Gasteiger partial charge in [0.2, 0.25) is 0 Å². The van der Waals surface area contributed by atoms with Crippen molar-refractivity contribution in [2.75, 3.05) is 33.5 Å². The second kappa shape index (κ2) is 9.22. The maximum Gasteiger partial charge on any atom is 0.0645 e. The first-order valence-electron chi connectivity index (χ1n) is 6.29. The van der Waals surface area contributed by atoms with Crippen molar-refractivity contribution in [1.29, 1.82) is 0 Å². The van der Waals surface area contributed by atoms with E-state index in [0.717, 1.165) is 45.9 Å².